The highest BCUT2D eigenvalue weighted by atomic mass is 127. The van der Waals surface area contributed by atoms with E-state index in [9.17, 15) is 0 Å². The summed E-state index contributed by atoms with van der Waals surface area (Å²) in [4.78, 5) is 2.51. The van der Waals surface area contributed by atoms with Crippen molar-refractivity contribution in [2.24, 2.45) is 0 Å². The second-order valence-electron chi connectivity index (χ2n) is 4.82. The molecule has 0 amide bonds. The summed E-state index contributed by atoms with van der Waals surface area (Å²) in [6.45, 7) is 7.61. The molecule has 1 aliphatic heterocycles. The van der Waals surface area contributed by atoms with Gasteiger partial charge in [-0.3, -0.25) is 0 Å². The van der Waals surface area contributed by atoms with Crippen LogP contribution in [0.3, 0.4) is 0 Å². The second kappa shape index (κ2) is 7.31. The third kappa shape index (κ3) is 4.74. The Hall–Kier alpha value is -0.330. The maximum absolute atomic E-state index is 5.76. The van der Waals surface area contributed by atoms with Crippen LogP contribution < -0.4 is 10.1 Å². The van der Waals surface area contributed by atoms with E-state index in [0.717, 1.165) is 45.0 Å². The van der Waals surface area contributed by atoms with Crippen LogP contribution >= 0.6 is 22.6 Å². The van der Waals surface area contributed by atoms with Crippen molar-refractivity contribution < 1.29 is 4.74 Å². The molecule has 3 nitrogen and oxygen atoms in total. The number of nitrogens with zero attached hydrogens (tertiary/aromatic N) is 1. The van der Waals surface area contributed by atoms with Crippen molar-refractivity contribution in [2.45, 2.75) is 19.4 Å². The molecule has 0 saturated carbocycles. The van der Waals surface area contributed by atoms with E-state index >= 15 is 0 Å². The minimum Gasteiger partial charge on any atom is -0.494 e. The summed E-state index contributed by atoms with van der Waals surface area (Å²) >= 11 is 2.31. The van der Waals surface area contributed by atoms with Gasteiger partial charge in [0, 0.05) is 35.8 Å². The van der Waals surface area contributed by atoms with Gasteiger partial charge in [0.1, 0.15) is 5.75 Å². The lowest BCUT2D eigenvalue weighted by Crippen LogP contribution is -2.49. The Kier molecular flexibility index (Phi) is 5.72. The van der Waals surface area contributed by atoms with Crippen LogP contribution in [-0.2, 0) is 0 Å². The van der Waals surface area contributed by atoms with Crippen LogP contribution in [-0.4, -0.2) is 43.7 Å². The van der Waals surface area contributed by atoms with Crippen LogP contribution in [0.15, 0.2) is 24.3 Å². The third-order valence-electron chi connectivity index (χ3n) is 3.14. The molecule has 18 heavy (non-hydrogen) atoms. The lowest BCUT2D eigenvalue weighted by Gasteiger charge is -2.31. The van der Waals surface area contributed by atoms with Gasteiger partial charge in [-0.2, -0.15) is 0 Å². The number of rotatable bonds is 5. The first-order valence-corrected chi connectivity index (χ1v) is 7.66. The summed E-state index contributed by atoms with van der Waals surface area (Å²) in [7, 11) is 0. The molecule has 1 atom stereocenters. The van der Waals surface area contributed by atoms with E-state index in [4.69, 9.17) is 4.74 Å². The number of hydrogen-bond donors (Lipinski definition) is 1. The van der Waals surface area contributed by atoms with E-state index in [-0.39, 0.29) is 0 Å². The minimum absolute atomic E-state index is 0.621. The first-order valence-electron chi connectivity index (χ1n) is 6.58. The largest absolute Gasteiger partial charge is 0.494 e. The summed E-state index contributed by atoms with van der Waals surface area (Å²) in [6.07, 6.45) is 1.10. The van der Waals surface area contributed by atoms with Crippen LogP contribution in [0, 0.1) is 3.57 Å². The highest BCUT2D eigenvalue weighted by molar-refractivity contribution is 14.1. The number of nitrogens with one attached hydrogen (secondary N) is 1. The van der Waals surface area contributed by atoms with Crippen molar-refractivity contribution in [3.63, 3.8) is 0 Å². The molecule has 0 spiro atoms. The first kappa shape index (κ1) is 14.1. The number of ether oxygens (including phenoxy) is 1. The Bertz CT molecular complexity index is 373. The van der Waals surface area contributed by atoms with Gasteiger partial charge in [0.25, 0.3) is 0 Å². The van der Waals surface area contributed by atoms with Crippen molar-refractivity contribution in [3.05, 3.63) is 27.8 Å². The van der Waals surface area contributed by atoms with Crippen LogP contribution in [0.4, 0.5) is 0 Å². The molecule has 0 aliphatic carbocycles. The molecule has 1 aromatic rings. The average molecular weight is 360 g/mol. The summed E-state index contributed by atoms with van der Waals surface area (Å²) < 4.78 is 6.98. The predicted octanol–water partition coefficient (Wildman–Crippen LogP) is 2.35. The molecule has 0 unspecified atom stereocenters. The molecule has 1 saturated heterocycles. The van der Waals surface area contributed by atoms with Gasteiger partial charge >= 0.3 is 0 Å². The Morgan fingerprint density at radius 1 is 1.50 bits per heavy atom. The summed E-state index contributed by atoms with van der Waals surface area (Å²) in [5.74, 6) is 0.982. The van der Waals surface area contributed by atoms with Crippen LogP contribution in [0.25, 0.3) is 0 Å². The van der Waals surface area contributed by atoms with E-state index in [1.807, 2.05) is 12.1 Å². The zero-order valence-corrected chi connectivity index (χ0v) is 13.0. The fourth-order valence-corrected chi connectivity index (χ4v) is 2.76. The molecular weight excluding hydrogens is 339 g/mol. The summed E-state index contributed by atoms with van der Waals surface area (Å²) in [5.41, 5.74) is 0. The van der Waals surface area contributed by atoms with Gasteiger partial charge in [-0.25, -0.2) is 0 Å². The van der Waals surface area contributed by atoms with E-state index in [0.29, 0.717) is 6.04 Å². The topological polar surface area (TPSA) is 24.5 Å². The molecule has 0 aromatic heterocycles. The standard InChI is InChI=1S/C14H21IN2O/c1-12-11-17(8-6-16-12)7-3-9-18-14-5-2-4-13(15)10-14/h2,4-5,10,12,16H,3,6-9,11H2,1H3/t12-/m0/s1. The number of benzene rings is 1. The van der Waals surface area contributed by atoms with Crippen molar-refractivity contribution in [3.8, 4) is 5.75 Å². The average Bonchev–Trinajstić information content (AvgIpc) is 2.35. The molecule has 2 rings (SSSR count). The molecule has 100 valence electrons. The van der Waals surface area contributed by atoms with Gasteiger partial charge in [-0.15, -0.1) is 0 Å². The molecule has 1 aromatic carbocycles. The number of hydrogen-bond acceptors (Lipinski definition) is 3. The first-order chi connectivity index (χ1) is 8.74. The number of piperazine rings is 1. The molecule has 0 bridgehead atoms. The third-order valence-corrected chi connectivity index (χ3v) is 3.81. The maximum atomic E-state index is 5.76. The van der Waals surface area contributed by atoms with Gasteiger partial charge in [-0.05, 0) is 54.1 Å². The van der Waals surface area contributed by atoms with Gasteiger partial charge in [0.05, 0.1) is 6.61 Å². The molecular formula is C14H21IN2O. The summed E-state index contributed by atoms with van der Waals surface area (Å²) in [5, 5.41) is 3.46. The van der Waals surface area contributed by atoms with Crippen molar-refractivity contribution in [2.75, 3.05) is 32.8 Å². The normalized spacial score (nSPS) is 20.9. The highest BCUT2D eigenvalue weighted by Crippen LogP contribution is 2.14. The van der Waals surface area contributed by atoms with E-state index < -0.39 is 0 Å². The molecule has 4 heteroatoms. The van der Waals surface area contributed by atoms with Crippen molar-refractivity contribution in [1.29, 1.82) is 0 Å². The van der Waals surface area contributed by atoms with Gasteiger partial charge in [-0.1, -0.05) is 6.07 Å². The van der Waals surface area contributed by atoms with E-state index in [1.54, 1.807) is 0 Å². The Balaban J connectivity index is 1.64. The van der Waals surface area contributed by atoms with Crippen LogP contribution in [0.1, 0.15) is 13.3 Å². The van der Waals surface area contributed by atoms with Gasteiger partial charge in [0.15, 0.2) is 0 Å². The van der Waals surface area contributed by atoms with Crippen molar-refractivity contribution in [1.82, 2.24) is 10.2 Å². The quantitative estimate of drug-likeness (QED) is 0.645. The Morgan fingerprint density at radius 3 is 3.17 bits per heavy atom. The number of halogens is 1. The van der Waals surface area contributed by atoms with Gasteiger partial charge < -0.3 is 15.0 Å². The molecule has 1 heterocycles. The molecule has 1 N–H and O–H groups in total. The fraction of sp³-hybridized carbons (Fsp3) is 0.571. The van der Waals surface area contributed by atoms with Crippen molar-refractivity contribution >= 4 is 22.6 Å². The zero-order valence-electron chi connectivity index (χ0n) is 10.9. The van der Waals surface area contributed by atoms with Gasteiger partial charge in [0.2, 0.25) is 0 Å². The molecule has 1 fully saturated rings. The fourth-order valence-electron chi connectivity index (χ4n) is 2.25. The molecule has 0 radical (unpaired) electrons. The second-order valence-corrected chi connectivity index (χ2v) is 6.06. The lowest BCUT2D eigenvalue weighted by atomic mass is 10.2. The zero-order chi connectivity index (χ0) is 12.8. The Morgan fingerprint density at radius 2 is 2.39 bits per heavy atom. The SMILES string of the molecule is C[C@H]1CN(CCCOc2cccc(I)c2)CCN1. The highest BCUT2D eigenvalue weighted by Gasteiger charge is 2.14. The Labute approximate surface area is 123 Å². The monoisotopic (exact) mass is 360 g/mol. The van der Waals surface area contributed by atoms with E-state index in [1.165, 1.54) is 3.57 Å². The minimum atomic E-state index is 0.621. The smallest absolute Gasteiger partial charge is 0.120 e. The van der Waals surface area contributed by atoms with Crippen LogP contribution in [0.2, 0.25) is 0 Å². The summed E-state index contributed by atoms with van der Waals surface area (Å²) in [6, 6.07) is 8.84. The molecule has 1 aliphatic rings. The maximum Gasteiger partial charge on any atom is 0.120 e. The van der Waals surface area contributed by atoms with E-state index in [2.05, 4.69) is 51.9 Å². The predicted molar refractivity (Wildman–Crippen MR) is 83.2 cm³/mol. The van der Waals surface area contributed by atoms with Crippen LogP contribution in [0.5, 0.6) is 5.75 Å². The lowest BCUT2D eigenvalue weighted by molar-refractivity contribution is 0.189.